The van der Waals surface area contributed by atoms with Crippen LogP contribution in [0, 0.1) is 34.4 Å². The van der Waals surface area contributed by atoms with Crippen LogP contribution in [-0.4, -0.2) is 10.7 Å². The first-order chi connectivity index (χ1) is 9.47. The fraction of sp³-hybridized carbons (Fsp3) is 0.588. The molecule has 1 aromatic carbocycles. The maximum Gasteiger partial charge on any atom is 0.123 e. The summed E-state index contributed by atoms with van der Waals surface area (Å²) >= 11 is 0. The van der Waals surface area contributed by atoms with Gasteiger partial charge in [-0.25, -0.2) is 4.39 Å². The Labute approximate surface area is 119 Å². The molecular formula is C17H20FNO. The third kappa shape index (κ3) is 1.94. The van der Waals surface area contributed by atoms with E-state index in [0.29, 0.717) is 18.3 Å². The summed E-state index contributed by atoms with van der Waals surface area (Å²) in [6.45, 7) is 1.78. The topological polar surface area (TPSA) is 44.0 Å². The Morgan fingerprint density at radius 2 is 2.10 bits per heavy atom. The molecule has 20 heavy (non-hydrogen) atoms. The Kier molecular flexibility index (Phi) is 3.10. The molecule has 0 radical (unpaired) electrons. The zero-order chi connectivity index (χ0) is 14.4. The van der Waals surface area contributed by atoms with Crippen molar-refractivity contribution in [3.05, 3.63) is 35.6 Å². The van der Waals surface area contributed by atoms with Crippen LogP contribution in [0.4, 0.5) is 4.39 Å². The van der Waals surface area contributed by atoms with Gasteiger partial charge in [-0.2, -0.15) is 5.26 Å². The van der Waals surface area contributed by atoms with Crippen molar-refractivity contribution in [2.45, 2.75) is 44.6 Å². The quantitative estimate of drug-likeness (QED) is 0.916. The third-order valence-electron chi connectivity index (χ3n) is 5.47. The predicted molar refractivity (Wildman–Crippen MR) is 74.2 cm³/mol. The molecule has 3 rings (SSSR count). The van der Waals surface area contributed by atoms with Gasteiger partial charge in [-0.15, -0.1) is 0 Å². The van der Waals surface area contributed by atoms with E-state index in [-0.39, 0.29) is 5.82 Å². The summed E-state index contributed by atoms with van der Waals surface area (Å²) in [5.74, 6) is 0.635. The molecule has 3 heteroatoms. The summed E-state index contributed by atoms with van der Waals surface area (Å²) in [5, 5.41) is 20.7. The van der Waals surface area contributed by atoms with E-state index < -0.39 is 11.0 Å². The number of hydrogen-bond donors (Lipinski definition) is 1. The molecule has 4 atom stereocenters. The van der Waals surface area contributed by atoms with Crippen molar-refractivity contribution in [3.8, 4) is 6.07 Å². The molecule has 0 saturated heterocycles. The zero-order valence-corrected chi connectivity index (χ0v) is 11.8. The van der Waals surface area contributed by atoms with Gasteiger partial charge in [0.1, 0.15) is 5.82 Å². The first-order valence-electron chi connectivity index (χ1n) is 7.35. The number of aliphatic hydroxyl groups is 1. The Hall–Kier alpha value is -1.40. The van der Waals surface area contributed by atoms with Crippen LogP contribution in [0.5, 0.6) is 0 Å². The maximum atomic E-state index is 13.0. The zero-order valence-electron chi connectivity index (χ0n) is 11.8. The van der Waals surface area contributed by atoms with Crippen LogP contribution < -0.4 is 0 Å². The molecule has 2 fully saturated rings. The van der Waals surface area contributed by atoms with Gasteiger partial charge in [0.2, 0.25) is 0 Å². The van der Waals surface area contributed by atoms with Crippen molar-refractivity contribution in [3.63, 3.8) is 0 Å². The van der Waals surface area contributed by atoms with Gasteiger partial charge in [0.25, 0.3) is 0 Å². The minimum Gasteiger partial charge on any atom is -0.388 e. The lowest BCUT2D eigenvalue weighted by atomic mass is 9.62. The second kappa shape index (κ2) is 4.56. The summed E-state index contributed by atoms with van der Waals surface area (Å²) in [6.07, 6.45) is 4.54. The molecule has 2 bridgehead atoms. The number of benzene rings is 1. The third-order valence-corrected chi connectivity index (χ3v) is 5.47. The molecular weight excluding hydrogens is 253 g/mol. The smallest absolute Gasteiger partial charge is 0.123 e. The minimum absolute atomic E-state index is 0.275. The molecule has 0 aromatic heterocycles. The van der Waals surface area contributed by atoms with Crippen molar-refractivity contribution in [1.82, 2.24) is 0 Å². The number of nitriles is 1. The lowest BCUT2D eigenvalue weighted by Crippen LogP contribution is -2.50. The first-order valence-corrected chi connectivity index (χ1v) is 7.35. The summed E-state index contributed by atoms with van der Waals surface area (Å²) in [4.78, 5) is 0. The highest BCUT2D eigenvalue weighted by molar-refractivity contribution is 5.25. The molecule has 0 aliphatic heterocycles. The largest absolute Gasteiger partial charge is 0.388 e. The molecule has 1 N–H and O–H groups in total. The van der Waals surface area contributed by atoms with Crippen molar-refractivity contribution < 1.29 is 9.50 Å². The van der Waals surface area contributed by atoms with E-state index in [4.69, 9.17) is 0 Å². The van der Waals surface area contributed by atoms with E-state index in [1.54, 1.807) is 19.1 Å². The highest BCUT2D eigenvalue weighted by Crippen LogP contribution is 2.60. The predicted octanol–water partition coefficient (Wildman–Crippen LogP) is 3.45. The summed E-state index contributed by atoms with van der Waals surface area (Å²) < 4.78 is 13.0. The van der Waals surface area contributed by atoms with E-state index >= 15 is 0 Å². The van der Waals surface area contributed by atoms with Crippen LogP contribution in [0.15, 0.2) is 24.3 Å². The molecule has 2 aliphatic carbocycles. The Morgan fingerprint density at radius 1 is 1.40 bits per heavy atom. The van der Waals surface area contributed by atoms with Gasteiger partial charge in [0.15, 0.2) is 0 Å². The Balaban J connectivity index is 1.87. The van der Waals surface area contributed by atoms with Crippen molar-refractivity contribution in [2.75, 3.05) is 0 Å². The Bertz CT molecular complexity index is 545. The molecule has 4 unspecified atom stereocenters. The number of rotatable bonds is 3. The lowest BCUT2D eigenvalue weighted by molar-refractivity contribution is -0.0667. The van der Waals surface area contributed by atoms with Crippen LogP contribution in [0.2, 0.25) is 0 Å². The van der Waals surface area contributed by atoms with Crippen LogP contribution in [0.3, 0.4) is 0 Å². The number of fused-ring (bicyclic) bond motifs is 2. The van der Waals surface area contributed by atoms with Crippen molar-refractivity contribution in [2.24, 2.45) is 17.3 Å². The molecule has 1 aromatic rings. The fourth-order valence-corrected chi connectivity index (χ4v) is 4.40. The van der Waals surface area contributed by atoms with E-state index in [1.807, 2.05) is 0 Å². The second-order valence-corrected chi connectivity index (χ2v) is 6.74. The van der Waals surface area contributed by atoms with Crippen LogP contribution in [-0.2, 0) is 6.42 Å². The Morgan fingerprint density at radius 3 is 2.60 bits per heavy atom. The van der Waals surface area contributed by atoms with Crippen molar-refractivity contribution >= 4 is 0 Å². The van der Waals surface area contributed by atoms with Gasteiger partial charge in [0.05, 0.1) is 17.1 Å². The van der Waals surface area contributed by atoms with Crippen LogP contribution in [0.1, 0.15) is 38.2 Å². The SMILES string of the molecule is CC(O)(Cc1ccc(F)cc1)C1(C#N)CC2CCC1C2. The number of halogens is 1. The average Bonchev–Trinajstić information content (AvgIpc) is 3.02. The van der Waals surface area contributed by atoms with Gasteiger partial charge in [-0.3, -0.25) is 0 Å². The molecule has 106 valence electrons. The summed E-state index contributed by atoms with van der Waals surface area (Å²) in [7, 11) is 0. The van der Waals surface area contributed by atoms with E-state index in [1.165, 1.54) is 18.6 Å². The highest BCUT2D eigenvalue weighted by atomic mass is 19.1. The van der Waals surface area contributed by atoms with Gasteiger partial charge in [-0.05, 0) is 55.7 Å². The second-order valence-electron chi connectivity index (χ2n) is 6.74. The van der Waals surface area contributed by atoms with E-state index in [0.717, 1.165) is 24.8 Å². The summed E-state index contributed by atoms with van der Waals surface area (Å²) in [5.41, 5.74) is -0.808. The molecule has 2 aliphatic rings. The lowest BCUT2D eigenvalue weighted by Gasteiger charge is -2.43. The van der Waals surface area contributed by atoms with Gasteiger partial charge in [0, 0.05) is 6.42 Å². The van der Waals surface area contributed by atoms with E-state index in [9.17, 15) is 14.8 Å². The monoisotopic (exact) mass is 273 g/mol. The molecule has 0 amide bonds. The van der Waals surface area contributed by atoms with Crippen molar-refractivity contribution in [1.29, 1.82) is 5.26 Å². The first kappa shape index (κ1) is 13.6. The number of nitrogens with zero attached hydrogens (tertiary/aromatic N) is 1. The normalized spacial score (nSPS) is 34.7. The summed E-state index contributed by atoms with van der Waals surface area (Å²) in [6, 6.07) is 8.67. The van der Waals surface area contributed by atoms with Gasteiger partial charge in [-0.1, -0.05) is 18.6 Å². The standard InChI is InChI=1S/C17H20FNO/c1-16(20,9-12-3-6-15(18)7-4-12)17(11-19)10-13-2-5-14(17)8-13/h3-4,6-7,13-14,20H,2,5,8-10H2,1H3. The molecule has 0 spiro atoms. The average molecular weight is 273 g/mol. The fourth-order valence-electron chi connectivity index (χ4n) is 4.40. The van der Waals surface area contributed by atoms with Gasteiger partial charge < -0.3 is 5.11 Å². The molecule has 0 heterocycles. The van der Waals surface area contributed by atoms with Crippen LogP contribution >= 0.6 is 0 Å². The molecule has 2 nitrogen and oxygen atoms in total. The van der Waals surface area contributed by atoms with Gasteiger partial charge >= 0.3 is 0 Å². The maximum absolute atomic E-state index is 13.0. The minimum atomic E-state index is -1.06. The number of hydrogen-bond acceptors (Lipinski definition) is 2. The van der Waals surface area contributed by atoms with E-state index in [2.05, 4.69) is 6.07 Å². The highest BCUT2D eigenvalue weighted by Gasteiger charge is 2.60. The molecule has 2 saturated carbocycles. The van der Waals surface area contributed by atoms with Crippen LogP contribution in [0.25, 0.3) is 0 Å².